The lowest BCUT2D eigenvalue weighted by Crippen LogP contribution is -2.45. The summed E-state index contributed by atoms with van der Waals surface area (Å²) in [6.45, 7) is 5.71. The van der Waals surface area contributed by atoms with Crippen molar-refractivity contribution in [2.75, 3.05) is 11.4 Å². The molecule has 1 unspecified atom stereocenters. The predicted octanol–water partition coefficient (Wildman–Crippen LogP) is 3.66. The zero-order valence-electron chi connectivity index (χ0n) is 17.6. The van der Waals surface area contributed by atoms with E-state index in [4.69, 9.17) is 13.9 Å². The van der Waals surface area contributed by atoms with E-state index in [9.17, 15) is 14.4 Å². The molecule has 0 saturated heterocycles. The summed E-state index contributed by atoms with van der Waals surface area (Å²) >= 11 is 0. The maximum Gasteiger partial charge on any atom is 0.336 e. The second kappa shape index (κ2) is 8.26. The van der Waals surface area contributed by atoms with Crippen LogP contribution >= 0.6 is 0 Å². The molecule has 0 aliphatic carbocycles. The number of nitrogens with zero attached hydrogens (tertiary/aromatic N) is 1. The van der Waals surface area contributed by atoms with E-state index in [1.165, 1.54) is 6.07 Å². The molecule has 4 rings (SSSR count). The first kappa shape index (κ1) is 20.7. The van der Waals surface area contributed by atoms with Crippen LogP contribution in [0.2, 0.25) is 0 Å². The van der Waals surface area contributed by atoms with Crippen LogP contribution in [0.5, 0.6) is 5.75 Å². The third kappa shape index (κ3) is 4.17. The van der Waals surface area contributed by atoms with E-state index in [1.807, 2.05) is 32.0 Å². The lowest BCUT2D eigenvalue weighted by atomic mass is 10.0. The number of fused-ring (bicyclic) bond motifs is 2. The molecule has 31 heavy (non-hydrogen) atoms. The van der Waals surface area contributed by atoms with Crippen LogP contribution in [0.15, 0.2) is 51.7 Å². The van der Waals surface area contributed by atoms with Gasteiger partial charge in [-0.3, -0.25) is 9.59 Å². The van der Waals surface area contributed by atoms with Crippen LogP contribution in [-0.4, -0.2) is 24.5 Å². The number of aryl methyl sites for hydroxylation is 2. The Morgan fingerprint density at radius 3 is 2.65 bits per heavy atom. The fourth-order valence-corrected chi connectivity index (χ4v) is 3.63. The van der Waals surface area contributed by atoms with Crippen molar-refractivity contribution in [3.05, 3.63) is 69.6 Å². The first-order chi connectivity index (χ1) is 14.8. The molecule has 2 heterocycles. The summed E-state index contributed by atoms with van der Waals surface area (Å²) in [5.74, 6) is -0.0604. The van der Waals surface area contributed by atoms with Crippen molar-refractivity contribution in [1.29, 1.82) is 0 Å². The van der Waals surface area contributed by atoms with Gasteiger partial charge in [-0.1, -0.05) is 12.1 Å². The van der Waals surface area contributed by atoms with E-state index in [1.54, 1.807) is 30.0 Å². The van der Waals surface area contributed by atoms with Crippen LogP contribution in [0.25, 0.3) is 11.0 Å². The molecular weight excluding hydrogens is 398 g/mol. The molecule has 0 N–H and O–H groups in total. The molecule has 7 nitrogen and oxygen atoms in total. The zero-order valence-corrected chi connectivity index (χ0v) is 17.6. The summed E-state index contributed by atoms with van der Waals surface area (Å²) in [5, 5.41) is 0.738. The number of carbonyl (C=O) groups is 2. The van der Waals surface area contributed by atoms with Gasteiger partial charge in [-0.2, -0.15) is 0 Å². The predicted molar refractivity (Wildman–Crippen MR) is 115 cm³/mol. The molecule has 7 heteroatoms. The SMILES string of the molecule is Cc1cc2oc(=O)cc(COC(=O)CCN3C(=O)C(C)Oc4ccccc43)c2cc1C. The summed E-state index contributed by atoms with van der Waals surface area (Å²) in [5.41, 5.74) is 3.25. The van der Waals surface area contributed by atoms with Gasteiger partial charge < -0.3 is 18.8 Å². The van der Waals surface area contributed by atoms with Crippen molar-refractivity contribution in [2.24, 2.45) is 0 Å². The van der Waals surface area contributed by atoms with Gasteiger partial charge in [0.25, 0.3) is 5.91 Å². The van der Waals surface area contributed by atoms with E-state index in [0.29, 0.717) is 22.6 Å². The minimum Gasteiger partial charge on any atom is -0.479 e. The van der Waals surface area contributed by atoms with Crippen LogP contribution < -0.4 is 15.3 Å². The Labute approximate surface area is 179 Å². The number of rotatable bonds is 5. The van der Waals surface area contributed by atoms with Crippen molar-refractivity contribution in [1.82, 2.24) is 0 Å². The molecule has 1 atom stereocenters. The number of benzene rings is 2. The number of amides is 1. The molecular formula is C24H23NO6. The maximum absolute atomic E-state index is 12.5. The number of para-hydroxylation sites is 2. The van der Waals surface area contributed by atoms with Crippen molar-refractivity contribution >= 4 is 28.5 Å². The summed E-state index contributed by atoms with van der Waals surface area (Å²) < 4.78 is 16.3. The van der Waals surface area contributed by atoms with E-state index in [2.05, 4.69) is 0 Å². The van der Waals surface area contributed by atoms with E-state index >= 15 is 0 Å². The average molecular weight is 421 g/mol. The lowest BCUT2D eigenvalue weighted by Gasteiger charge is -2.32. The summed E-state index contributed by atoms with van der Waals surface area (Å²) in [6.07, 6.45) is -0.600. The molecule has 0 saturated carbocycles. The Morgan fingerprint density at radius 2 is 1.84 bits per heavy atom. The van der Waals surface area contributed by atoms with E-state index in [0.717, 1.165) is 16.5 Å². The molecule has 160 valence electrons. The van der Waals surface area contributed by atoms with Crippen LogP contribution in [-0.2, 0) is 20.9 Å². The largest absolute Gasteiger partial charge is 0.479 e. The molecule has 0 bridgehead atoms. The average Bonchev–Trinajstić information content (AvgIpc) is 2.73. The summed E-state index contributed by atoms with van der Waals surface area (Å²) in [7, 11) is 0. The fraction of sp³-hybridized carbons (Fsp3) is 0.292. The van der Waals surface area contributed by atoms with Gasteiger partial charge in [-0.15, -0.1) is 0 Å². The molecule has 1 aromatic heterocycles. The van der Waals surface area contributed by atoms with Crippen molar-refractivity contribution in [2.45, 2.75) is 39.9 Å². The normalized spacial score (nSPS) is 15.5. The van der Waals surface area contributed by atoms with Gasteiger partial charge >= 0.3 is 11.6 Å². The molecule has 1 aliphatic rings. The fourth-order valence-electron chi connectivity index (χ4n) is 3.63. The zero-order chi connectivity index (χ0) is 22.1. The molecule has 0 fully saturated rings. The van der Waals surface area contributed by atoms with Crippen molar-refractivity contribution in [3.63, 3.8) is 0 Å². The third-order valence-corrected chi connectivity index (χ3v) is 5.45. The number of anilines is 1. The van der Waals surface area contributed by atoms with Gasteiger partial charge in [0.1, 0.15) is 17.9 Å². The number of ether oxygens (including phenoxy) is 2. The minimum atomic E-state index is -0.618. The molecule has 1 amide bonds. The standard InChI is InChI=1S/C24H23NO6/c1-14-10-18-17(12-23(27)31-21(18)11-15(14)2)13-29-22(26)8-9-25-19-6-4-5-7-20(19)30-16(3)24(25)28/h4-7,10-12,16H,8-9,13H2,1-3H3. The first-order valence-corrected chi connectivity index (χ1v) is 10.1. The second-order valence-electron chi connectivity index (χ2n) is 7.65. The highest BCUT2D eigenvalue weighted by molar-refractivity contribution is 6.00. The molecule has 0 radical (unpaired) electrons. The van der Waals surface area contributed by atoms with E-state index in [-0.39, 0.29) is 25.5 Å². The smallest absolute Gasteiger partial charge is 0.336 e. The number of carbonyl (C=O) groups excluding carboxylic acids is 2. The lowest BCUT2D eigenvalue weighted by molar-refractivity contribution is -0.144. The van der Waals surface area contributed by atoms with Crippen molar-refractivity contribution < 1.29 is 23.5 Å². The van der Waals surface area contributed by atoms with Gasteiger partial charge in [0.2, 0.25) is 0 Å². The highest BCUT2D eigenvalue weighted by atomic mass is 16.5. The van der Waals surface area contributed by atoms with Crippen LogP contribution in [0, 0.1) is 13.8 Å². The number of hydrogen-bond acceptors (Lipinski definition) is 6. The van der Waals surface area contributed by atoms with E-state index < -0.39 is 17.7 Å². The van der Waals surface area contributed by atoms with Gasteiger partial charge in [-0.05, 0) is 56.2 Å². The number of hydrogen-bond donors (Lipinski definition) is 0. The van der Waals surface area contributed by atoms with Crippen LogP contribution in [0.1, 0.15) is 30.0 Å². The first-order valence-electron chi connectivity index (χ1n) is 10.1. The molecule has 3 aromatic rings. The van der Waals surface area contributed by atoms with Gasteiger partial charge in [-0.25, -0.2) is 4.79 Å². The topological polar surface area (TPSA) is 86.0 Å². The van der Waals surface area contributed by atoms with Crippen LogP contribution in [0.3, 0.4) is 0 Å². The Balaban J connectivity index is 1.45. The van der Waals surface area contributed by atoms with Gasteiger partial charge in [0, 0.05) is 23.6 Å². The van der Waals surface area contributed by atoms with Crippen LogP contribution in [0.4, 0.5) is 5.69 Å². The Bertz CT molecular complexity index is 1230. The van der Waals surface area contributed by atoms with Gasteiger partial charge in [0.15, 0.2) is 6.10 Å². The monoisotopic (exact) mass is 421 g/mol. The quantitative estimate of drug-likeness (QED) is 0.462. The van der Waals surface area contributed by atoms with Crippen molar-refractivity contribution in [3.8, 4) is 5.75 Å². The van der Waals surface area contributed by atoms with Gasteiger partial charge in [0.05, 0.1) is 12.1 Å². The third-order valence-electron chi connectivity index (χ3n) is 5.45. The molecule has 2 aromatic carbocycles. The highest BCUT2D eigenvalue weighted by Crippen LogP contribution is 2.33. The Morgan fingerprint density at radius 1 is 1.10 bits per heavy atom. The highest BCUT2D eigenvalue weighted by Gasteiger charge is 2.31. The second-order valence-corrected chi connectivity index (χ2v) is 7.65. The maximum atomic E-state index is 12.5. The molecule has 0 spiro atoms. The summed E-state index contributed by atoms with van der Waals surface area (Å²) in [6, 6.07) is 12.3. The number of esters is 1. The Kier molecular flexibility index (Phi) is 5.50. The summed E-state index contributed by atoms with van der Waals surface area (Å²) in [4.78, 5) is 38.4. The minimum absolute atomic E-state index is 0.0182. The molecule has 1 aliphatic heterocycles. The Hall–Kier alpha value is -3.61.